The van der Waals surface area contributed by atoms with Gasteiger partial charge < -0.3 is 9.64 Å². The maximum atomic E-state index is 13.8. The minimum Gasteiger partial charge on any atom is -0.493 e. The molecule has 0 unspecified atom stereocenters. The van der Waals surface area contributed by atoms with Gasteiger partial charge >= 0.3 is 0 Å². The molecule has 0 spiro atoms. The van der Waals surface area contributed by atoms with Gasteiger partial charge in [-0.05, 0) is 80.9 Å². The van der Waals surface area contributed by atoms with E-state index in [1.54, 1.807) is 30.3 Å². The van der Waals surface area contributed by atoms with Gasteiger partial charge in [0.2, 0.25) is 0 Å². The average Bonchev–Trinajstić information content (AvgIpc) is 2.86. The summed E-state index contributed by atoms with van der Waals surface area (Å²) < 4.78 is 35.0. The summed E-state index contributed by atoms with van der Waals surface area (Å²) in [6.07, 6.45) is 4.74. The van der Waals surface area contributed by atoms with Gasteiger partial charge in [0, 0.05) is 27.2 Å². The van der Waals surface area contributed by atoms with E-state index in [9.17, 15) is 8.42 Å². The summed E-state index contributed by atoms with van der Waals surface area (Å²) in [4.78, 5) is 2.59. The van der Waals surface area contributed by atoms with Crippen molar-refractivity contribution in [1.29, 1.82) is 0 Å². The summed E-state index contributed by atoms with van der Waals surface area (Å²) in [5.74, 6) is 0.653. The van der Waals surface area contributed by atoms with Crippen molar-refractivity contribution < 1.29 is 13.2 Å². The molecule has 0 atom stereocenters. The van der Waals surface area contributed by atoms with Gasteiger partial charge in [0.1, 0.15) is 5.75 Å². The first-order valence-corrected chi connectivity index (χ1v) is 14.6. The molecular weight excluding hydrogens is 574 g/mol. The lowest BCUT2D eigenvalue weighted by molar-refractivity contribution is 0.204. The first-order valence-electron chi connectivity index (χ1n) is 12.0. The number of sulfonamides is 1. The summed E-state index contributed by atoms with van der Waals surface area (Å²) in [6, 6.07) is 18.3. The molecule has 4 rings (SSSR count). The molecule has 0 aromatic heterocycles. The minimum absolute atomic E-state index is 0. The van der Waals surface area contributed by atoms with Crippen LogP contribution in [0.3, 0.4) is 0 Å². The molecule has 1 heterocycles. The van der Waals surface area contributed by atoms with Crippen molar-refractivity contribution >= 4 is 62.9 Å². The summed E-state index contributed by atoms with van der Waals surface area (Å²) in [7, 11) is -3.96. The van der Waals surface area contributed by atoms with Crippen LogP contribution in [0, 0.1) is 0 Å². The maximum Gasteiger partial charge on any atom is 0.264 e. The Morgan fingerprint density at radius 1 is 0.838 bits per heavy atom. The Balaban J connectivity index is 0.00000380. The van der Waals surface area contributed by atoms with Gasteiger partial charge in [-0.15, -0.1) is 12.4 Å². The van der Waals surface area contributed by atoms with Crippen LogP contribution in [0.5, 0.6) is 5.75 Å². The van der Waals surface area contributed by atoms with Crippen LogP contribution in [0.2, 0.25) is 15.1 Å². The van der Waals surface area contributed by atoms with E-state index >= 15 is 0 Å². The number of likely N-dealkylation sites (tertiary alicyclic amines) is 1. The Hall–Kier alpha value is -1.67. The minimum atomic E-state index is -3.96. The second-order valence-corrected chi connectivity index (χ2v) is 12.0. The molecular formula is C27H30Cl4N2O3S. The Bertz CT molecular complexity index is 1250. The number of nitrogens with zero attached hydrogens (tertiary/aromatic N) is 2. The van der Waals surface area contributed by atoms with Gasteiger partial charge in [0.05, 0.1) is 23.7 Å². The van der Waals surface area contributed by atoms with Crippen LogP contribution >= 0.6 is 47.2 Å². The Morgan fingerprint density at radius 3 is 2.16 bits per heavy atom. The van der Waals surface area contributed by atoms with Gasteiger partial charge in [-0.3, -0.25) is 4.31 Å². The third-order valence-electron chi connectivity index (χ3n) is 6.15. The van der Waals surface area contributed by atoms with Gasteiger partial charge in [-0.1, -0.05) is 59.4 Å². The van der Waals surface area contributed by atoms with Crippen molar-refractivity contribution in [3.63, 3.8) is 0 Å². The number of anilines is 1. The number of hydrogen-bond acceptors (Lipinski definition) is 4. The van der Waals surface area contributed by atoms with E-state index in [2.05, 4.69) is 4.90 Å². The number of para-hydroxylation sites is 1. The van der Waals surface area contributed by atoms with Crippen LogP contribution in [0.1, 0.15) is 31.2 Å². The Morgan fingerprint density at radius 2 is 1.49 bits per heavy atom. The van der Waals surface area contributed by atoms with Crippen molar-refractivity contribution in [2.75, 3.05) is 30.5 Å². The lowest BCUT2D eigenvalue weighted by Crippen LogP contribution is -2.31. The predicted octanol–water partition coefficient (Wildman–Crippen LogP) is 7.72. The maximum absolute atomic E-state index is 13.8. The van der Waals surface area contributed by atoms with Crippen LogP contribution in [-0.4, -0.2) is 39.6 Å². The number of rotatable bonds is 10. The largest absolute Gasteiger partial charge is 0.493 e. The second-order valence-electron chi connectivity index (χ2n) is 8.81. The monoisotopic (exact) mass is 602 g/mol. The molecule has 0 saturated carbocycles. The number of hydrogen-bond donors (Lipinski definition) is 0. The standard InChI is InChI=1S/C27H29Cl3N2O3S.ClH/c28-22-9-11-26(12-10-22)36(33,34)32(25-18-23(29)17-24(30)19-25)20-21-7-2-3-8-27(21)35-16-6-15-31-13-4-1-5-14-31;/h2-3,7-12,17-19H,1,4-6,13-16,20H2;1H. The van der Waals surface area contributed by atoms with Gasteiger partial charge in [-0.25, -0.2) is 8.42 Å². The van der Waals surface area contributed by atoms with E-state index in [-0.39, 0.29) is 23.8 Å². The van der Waals surface area contributed by atoms with E-state index < -0.39 is 10.0 Å². The molecule has 10 heteroatoms. The molecule has 0 aliphatic carbocycles. The quantitative estimate of drug-likeness (QED) is 0.223. The van der Waals surface area contributed by atoms with Crippen molar-refractivity contribution in [2.45, 2.75) is 37.1 Å². The molecule has 0 bridgehead atoms. The van der Waals surface area contributed by atoms with E-state index in [0.717, 1.165) is 31.6 Å². The van der Waals surface area contributed by atoms with E-state index in [4.69, 9.17) is 39.5 Å². The zero-order chi connectivity index (χ0) is 25.5. The van der Waals surface area contributed by atoms with Gasteiger partial charge in [0.15, 0.2) is 0 Å². The molecule has 3 aromatic carbocycles. The lowest BCUT2D eigenvalue weighted by Gasteiger charge is -2.27. The average molecular weight is 604 g/mol. The fourth-order valence-corrected chi connectivity index (χ4v) is 6.38. The van der Waals surface area contributed by atoms with Crippen LogP contribution in [0.4, 0.5) is 5.69 Å². The molecule has 200 valence electrons. The fourth-order valence-electron chi connectivity index (χ4n) is 4.32. The van der Waals surface area contributed by atoms with Crippen molar-refractivity contribution in [3.05, 3.63) is 87.4 Å². The third kappa shape index (κ3) is 8.16. The highest BCUT2D eigenvalue weighted by molar-refractivity contribution is 7.92. The molecule has 1 aliphatic rings. The normalized spacial score (nSPS) is 14.1. The van der Waals surface area contributed by atoms with E-state index in [1.165, 1.54) is 35.7 Å². The van der Waals surface area contributed by atoms with Crippen LogP contribution < -0.4 is 9.04 Å². The Labute approximate surface area is 240 Å². The highest BCUT2D eigenvalue weighted by Crippen LogP contribution is 2.33. The molecule has 1 aliphatic heterocycles. The molecule has 0 amide bonds. The first-order chi connectivity index (χ1) is 17.3. The topological polar surface area (TPSA) is 49.9 Å². The van der Waals surface area contributed by atoms with Crippen LogP contribution in [0.15, 0.2) is 71.6 Å². The number of halogens is 4. The summed E-state index contributed by atoms with van der Waals surface area (Å²) >= 11 is 18.5. The fraction of sp³-hybridized carbons (Fsp3) is 0.333. The van der Waals surface area contributed by atoms with Crippen LogP contribution in [-0.2, 0) is 16.6 Å². The zero-order valence-corrected chi connectivity index (χ0v) is 24.2. The highest BCUT2D eigenvalue weighted by atomic mass is 35.5. The van der Waals surface area contributed by atoms with Crippen molar-refractivity contribution in [2.24, 2.45) is 0 Å². The number of benzene rings is 3. The van der Waals surface area contributed by atoms with Crippen molar-refractivity contribution in [3.8, 4) is 5.75 Å². The number of ether oxygens (including phenoxy) is 1. The first kappa shape index (κ1) is 29.9. The molecule has 0 N–H and O–H groups in total. The third-order valence-corrected chi connectivity index (χ3v) is 8.62. The molecule has 5 nitrogen and oxygen atoms in total. The summed E-state index contributed by atoms with van der Waals surface area (Å²) in [5.41, 5.74) is 1.10. The predicted molar refractivity (Wildman–Crippen MR) is 155 cm³/mol. The second kappa shape index (κ2) is 13.9. The molecule has 37 heavy (non-hydrogen) atoms. The SMILES string of the molecule is Cl.O=S(=O)(c1ccc(Cl)cc1)N(Cc1ccccc1OCCCN1CCCCC1)c1cc(Cl)cc(Cl)c1. The van der Waals surface area contributed by atoms with Crippen molar-refractivity contribution in [1.82, 2.24) is 4.90 Å². The van der Waals surface area contributed by atoms with Gasteiger partial charge in [0.25, 0.3) is 10.0 Å². The highest BCUT2D eigenvalue weighted by Gasteiger charge is 2.27. The summed E-state index contributed by atoms with van der Waals surface area (Å²) in [5, 5.41) is 1.14. The molecule has 0 radical (unpaired) electrons. The summed E-state index contributed by atoms with van der Waals surface area (Å²) in [6.45, 7) is 3.90. The van der Waals surface area contributed by atoms with E-state index in [1.807, 2.05) is 24.3 Å². The van der Waals surface area contributed by atoms with Gasteiger partial charge in [-0.2, -0.15) is 0 Å². The molecule has 1 fully saturated rings. The lowest BCUT2D eigenvalue weighted by atomic mass is 10.1. The molecule has 3 aromatic rings. The molecule has 1 saturated heterocycles. The Kier molecular flexibility index (Phi) is 11.2. The van der Waals surface area contributed by atoms with Crippen LogP contribution in [0.25, 0.3) is 0 Å². The van der Waals surface area contributed by atoms with E-state index in [0.29, 0.717) is 33.1 Å². The zero-order valence-electron chi connectivity index (χ0n) is 20.3. The smallest absolute Gasteiger partial charge is 0.264 e. The number of piperidine rings is 1.